The predicted molar refractivity (Wildman–Crippen MR) is 96.7 cm³/mol. The maximum absolute atomic E-state index is 12.0. The zero-order valence-corrected chi connectivity index (χ0v) is 15.6. The number of anilines is 2. The van der Waals surface area contributed by atoms with Crippen LogP contribution in [0.4, 0.5) is 11.4 Å². The van der Waals surface area contributed by atoms with Crippen LogP contribution in [0.15, 0.2) is 28.7 Å². The number of rotatable bonds is 4. The summed E-state index contributed by atoms with van der Waals surface area (Å²) in [5, 5.41) is 2.12. The van der Waals surface area contributed by atoms with Crippen LogP contribution < -0.4 is 11.1 Å². The Kier molecular flexibility index (Phi) is 6.28. The third kappa shape index (κ3) is 4.30. The third-order valence-corrected chi connectivity index (χ3v) is 4.57. The van der Waals surface area contributed by atoms with Crippen LogP contribution in [0.3, 0.4) is 0 Å². The molecular weight excluding hydrogens is 444 g/mol. The molecule has 1 heterocycles. The predicted octanol–water partition coefficient (Wildman–Crippen LogP) is 4.18. The number of carbonyl (C=O) groups is 2. The second-order valence-electron chi connectivity index (χ2n) is 4.40. The second kappa shape index (κ2) is 8.02. The number of pyridine rings is 1. The highest BCUT2D eigenvalue weighted by atomic mass is 79.9. The number of benzene rings is 1. The van der Waals surface area contributed by atoms with Crippen molar-refractivity contribution in [2.75, 3.05) is 17.7 Å². The summed E-state index contributed by atoms with van der Waals surface area (Å²) in [6.07, 6.45) is 0. The smallest absolute Gasteiger partial charge is 0.359 e. The summed E-state index contributed by atoms with van der Waals surface area (Å²) in [5.74, 6) is -1.49. The van der Waals surface area contributed by atoms with Crippen LogP contribution in [0.2, 0.25) is 15.2 Å². The lowest BCUT2D eigenvalue weighted by molar-refractivity contribution is -0.119. The fourth-order valence-corrected chi connectivity index (χ4v) is 2.58. The number of halogens is 4. The molecule has 0 aliphatic heterocycles. The van der Waals surface area contributed by atoms with Gasteiger partial charge in [-0.2, -0.15) is 0 Å². The van der Waals surface area contributed by atoms with E-state index in [0.29, 0.717) is 10.2 Å². The van der Waals surface area contributed by atoms with Crippen molar-refractivity contribution in [3.63, 3.8) is 0 Å². The van der Waals surface area contributed by atoms with E-state index in [-0.39, 0.29) is 26.6 Å². The van der Waals surface area contributed by atoms with E-state index in [1.165, 1.54) is 0 Å². The van der Waals surface area contributed by atoms with Gasteiger partial charge in [0.2, 0.25) is 0 Å². The SMILES string of the molecule is Nc1c(Cl)c(Cl)nc(C(=O)OCC(=O)Nc2ccccc2Br)c1Cl. The lowest BCUT2D eigenvalue weighted by Crippen LogP contribution is -2.22. The molecule has 1 amide bonds. The molecule has 10 heteroatoms. The average Bonchev–Trinajstić information content (AvgIpc) is 2.56. The maximum Gasteiger partial charge on any atom is 0.359 e. The van der Waals surface area contributed by atoms with E-state index in [0.717, 1.165) is 0 Å². The Bertz CT molecular complexity index is 817. The number of hydrogen-bond donors (Lipinski definition) is 2. The summed E-state index contributed by atoms with van der Waals surface area (Å²) in [4.78, 5) is 27.5. The van der Waals surface area contributed by atoms with Gasteiger partial charge in [0.1, 0.15) is 5.02 Å². The number of amides is 1. The summed E-state index contributed by atoms with van der Waals surface area (Å²) < 4.78 is 5.55. The monoisotopic (exact) mass is 451 g/mol. The molecule has 3 N–H and O–H groups in total. The van der Waals surface area contributed by atoms with Crippen molar-refractivity contribution < 1.29 is 14.3 Å². The number of aromatic nitrogens is 1. The number of ether oxygens (including phenoxy) is 1. The average molecular weight is 454 g/mol. The van der Waals surface area contributed by atoms with Gasteiger partial charge in [0.25, 0.3) is 5.91 Å². The Morgan fingerprint density at radius 3 is 2.54 bits per heavy atom. The number of nitrogens with zero attached hydrogens (tertiary/aromatic N) is 1. The van der Waals surface area contributed by atoms with Gasteiger partial charge >= 0.3 is 5.97 Å². The van der Waals surface area contributed by atoms with Crippen molar-refractivity contribution in [1.29, 1.82) is 0 Å². The van der Waals surface area contributed by atoms with E-state index >= 15 is 0 Å². The molecule has 0 bridgehead atoms. The van der Waals surface area contributed by atoms with E-state index in [2.05, 4.69) is 26.2 Å². The molecule has 1 aromatic carbocycles. The van der Waals surface area contributed by atoms with Crippen LogP contribution in [-0.2, 0) is 9.53 Å². The van der Waals surface area contributed by atoms with Crippen molar-refractivity contribution >= 4 is 74.0 Å². The van der Waals surface area contributed by atoms with E-state index in [4.69, 9.17) is 45.3 Å². The molecule has 0 saturated carbocycles. The van der Waals surface area contributed by atoms with Gasteiger partial charge in [-0.15, -0.1) is 0 Å². The maximum atomic E-state index is 12.0. The fraction of sp³-hybridized carbons (Fsp3) is 0.0714. The zero-order valence-electron chi connectivity index (χ0n) is 11.8. The molecule has 2 aromatic rings. The number of carbonyl (C=O) groups excluding carboxylic acids is 2. The highest BCUT2D eigenvalue weighted by Gasteiger charge is 2.21. The summed E-state index contributed by atoms with van der Waals surface area (Å²) in [6, 6.07) is 6.97. The molecule has 0 unspecified atom stereocenters. The van der Waals surface area contributed by atoms with Crippen molar-refractivity contribution in [3.8, 4) is 0 Å². The second-order valence-corrected chi connectivity index (χ2v) is 6.37. The normalized spacial score (nSPS) is 10.3. The molecule has 24 heavy (non-hydrogen) atoms. The van der Waals surface area contributed by atoms with Crippen LogP contribution in [0.1, 0.15) is 10.5 Å². The first-order chi connectivity index (χ1) is 11.3. The number of para-hydroxylation sites is 1. The third-order valence-electron chi connectivity index (χ3n) is 2.75. The highest BCUT2D eigenvalue weighted by molar-refractivity contribution is 9.10. The number of hydrogen-bond acceptors (Lipinski definition) is 5. The summed E-state index contributed by atoms with van der Waals surface area (Å²) in [5.41, 5.74) is 5.73. The molecule has 0 aliphatic carbocycles. The molecular formula is C14H9BrCl3N3O3. The van der Waals surface area contributed by atoms with Gasteiger partial charge in [0.05, 0.1) is 16.4 Å². The van der Waals surface area contributed by atoms with Crippen molar-refractivity contribution in [2.45, 2.75) is 0 Å². The minimum Gasteiger partial charge on any atom is -0.451 e. The summed E-state index contributed by atoms with van der Waals surface area (Å²) in [7, 11) is 0. The van der Waals surface area contributed by atoms with Crippen molar-refractivity contribution in [1.82, 2.24) is 4.98 Å². The summed E-state index contributed by atoms with van der Waals surface area (Å²) in [6.45, 7) is -0.543. The number of nitrogens with two attached hydrogens (primary N) is 1. The first-order valence-electron chi connectivity index (χ1n) is 6.32. The first-order valence-corrected chi connectivity index (χ1v) is 8.25. The molecule has 126 valence electrons. The summed E-state index contributed by atoms with van der Waals surface area (Å²) >= 11 is 20.7. The molecule has 6 nitrogen and oxygen atoms in total. The van der Waals surface area contributed by atoms with Gasteiger partial charge in [0, 0.05) is 4.47 Å². The zero-order chi connectivity index (χ0) is 17.9. The Morgan fingerprint density at radius 2 is 1.88 bits per heavy atom. The molecule has 0 fully saturated rings. The molecule has 1 aromatic heterocycles. The van der Waals surface area contributed by atoms with E-state index in [9.17, 15) is 9.59 Å². The molecule has 0 spiro atoms. The van der Waals surface area contributed by atoms with Crippen molar-refractivity contribution in [2.24, 2.45) is 0 Å². The van der Waals surface area contributed by atoms with Gasteiger partial charge in [-0.1, -0.05) is 46.9 Å². The van der Waals surface area contributed by atoms with Gasteiger partial charge in [-0.05, 0) is 28.1 Å². The lowest BCUT2D eigenvalue weighted by atomic mass is 10.3. The fourth-order valence-electron chi connectivity index (χ4n) is 1.61. The lowest BCUT2D eigenvalue weighted by Gasteiger charge is -2.10. The Morgan fingerprint density at radius 1 is 1.21 bits per heavy atom. The molecule has 0 aliphatic rings. The van der Waals surface area contributed by atoms with E-state index in [1.807, 2.05) is 0 Å². The Labute approximate surface area is 160 Å². The van der Waals surface area contributed by atoms with E-state index < -0.39 is 18.5 Å². The molecule has 0 saturated heterocycles. The van der Waals surface area contributed by atoms with Gasteiger partial charge in [-0.3, -0.25) is 4.79 Å². The Hall–Kier alpha value is -1.54. The van der Waals surface area contributed by atoms with Gasteiger partial charge in [0.15, 0.2) is 17.5 Å². The van der Waals surface area contributed by atoms with Crippen molar-refractivity contribution in [3.05, 3.63) is 49.6 Å². The minimum absolute atomic E-state index is 0.0649. The van der Waals surface area contributed by atoms with Gasteiger partial charge in [-0.25, -0.2) is 9.78 Å². The standard InChI is InChI=1S/C14H9BrCl3N3O3/c15-6-3-1-2-4-7(6)20-8(22)5-24-14(23)12-9(16)11(19)10(17)13(18)21-12/h1-4H,5H2,(H2,19,21)(H,20,22). The first kappa shape index (κ1) is 18.8. The molecule has 2 rings (SSSR count). The van der Waals surface area contributed by atoms with Crippen LogP contribution in [0.5, 0.6) is 0 Å². The number of nitrogen functional groups attached to an aromatic ring is 1. The Balaban J connectivity index is 2.04. The minimum atomic E-state index is -0.951. The van der Waals surface area contributed by atoms with E-state index in [1.54, 1.807) is 24.3 Å². The highest BCUT2D eigenvalue weighted by Crippen LogP contribution is 2.34. The number of esters is 1. The topological polar surface area (TPSA) is 94.3 Å². The number of nitrogens with one attached hydrogen (secondary N) is 1. The van der Waals surface area contributed by atoms with Gasteiger partial charge < -0.3 is 15.8 Å². The van der Waals surface area contributed by atoms with Crippen LogP contribution in [0.25, 0.3) is 0 Å². The van der Waals surface area contributed by atoms with Crippen LogP contribution in [0, 0.1) is 0 Å². The van der Waals surface area contributed by atoms with Crippen LogP contribution in [-0.4, -0.2) is 23.5 Å². The quantitative estimate of drug-likeness (QED) is 0.535. The largest absolute Gasteiger partial charge is 0.451 e. The van der Waals surface area contributed by atoms with Crippen LogP contribution >= 0.6 is 50.7 Å². The molecule has 0 radical (unpaired) electrons. The molecule has 0 atom stereocenters.